The molecular formula is C48H78O20. The highest BCUT2D eigenvalue weighted by Gasteiger charge is 2.71. The van der Waals surface area contributed by atoms with Crippen LogP contribution in [0, 0.1) is 50.2 Å². The van der Waals surface area contributed by atoms with Crippen molar-refractivity contribution in [2.75, 3.05) is 26.4 Å². The minimum absolute atomic E-state index is 0.00217. The summed E-state index contributed by atoms with van der Waals surface area (Å²) < 4.78 is 35.2. The Kier molecular flexibility index (Phi) is 14.6. The van der Waals surface area contributed by atoms with E-state index in [4.69, 9.17) is 28.4 Å². The van der Waals surface area contributed by atoms with Crippen LogP contribution >= 0.6 is 0 Å². The Morgan fingerprint density at radius 3 is 1.66 bits per heavy atom. The summed E-state index contributed by atoms with van der Waals surface area (Å²) in [7, 11) is 0. The topological polar surface area (TPSA) is 335 Å². The van der Waals surface area contributed by atoms with Crippen molar-refractivity contribution in [3.63, 3.8) is 0 Å². The van der Waals surface area contributed by atoms with Gasteiger partial charge in [-0.05, 0) is 97.2 Å². The average Bonchev–Trinajstić information content (AvgIpc) is 3.28. The second kappa shape index (κ2) is 18.8. The lowest BCUT2D eigenvalue weighted by Gasteiger charge is -2.71. The van der Waals surface area contributed by atoms with Crippen LogP contribution < -0.4 is 0 Å². The maximum atomic E-state index is 13.1. The molecule has 68 heavy (non-hydrogen) atoms. The molecule has 0 unspecified atom stereocenters. The van der Waals surface area contributed by atoms with Gasteiger partial charge in [-0.3, -0.25) is 4.79 Å². The van der Waals surface area contributed by atoms with Gasteiger partial charge in [0.1, 0.15) is 73.2 Å². The van der Waals surface area contributed by atoms with Gasteiger partial charge in [-0.25, -0.2) is 0 Å². The SMILES string of the molecule is CC1(C)CC[C@]2(C(=O)O)CC[C@]3(C)C(=CC[C@@H]4[C@@]5(C)C[C@H](O)[C@H](O[C@@H]6O[C@H](CO)[C@H](O)[C@H](O[C@@H]7O[C@H](CO)[C@H](O)[C@H](O[C@@H]8O[C@H](CO)[C@@H](O)[C@H](O)[C@H]8O)[C@H]7O)[C@H]6O)[C@@](C)(CO)[C@@H]5CC[C@]43C)[C@@H]2C1. The summed E-state index contributed by atoms with van der Waals surface area (Å²) >= 11 is 0. The molecule has 3 saturated heterocycles. The van der Waals surface area contributed by atoms with Crippen LogP contribution in [0.25, 0.3) is 0 Å². The van der Waals surface area contributed by atoms with E-state index in [0.717, 1.165) is 25.7 Å². The van der Waals surface area contributed by atoms with E-state index in [2.05, 4.69) is 40.7 Å². The summed E-state index contributed by atoms with van der Waals surface area (Å²) in [6.07, 6.45) is -20.6. The molecule has 7 fully saturated rings. The number of allylic oxidation sites excluding steroid dienone is 2. The van der Waals surface area contributed by atoms with Crippen LogP contribution in [-0.2, 0) is 33.2 Å². The number of rotatable bonds is 11. The molecule has 0 amide bonds. The van der Waals surface area contributed by atoms with Crippen molar-refractivity contribution < 1.29 is 99.6 Å². The minimum Gasteiger partial charge on any atom is -0.481 e. The van der Waals surface area contributed by atoms with E-state index in [9.17, 15) is 71.2 Å². The number of carbonyl (C=O) groups is 1. The van der Waals surface area contributed by atoms with Crippen molar-refractivity contribution in [3.8, 4) is 0 Å². The molecular weight excluding hydrogens is 897 g/mol. The number of fused-ring (bicyclic) bond motifs is 7. The summed E-state index contributed by atoms with van der Waals surface area (Å²) in [5.74, 6) is -0.975. The third kappa shape index (κ3) is 8.07. The van der Waals surface area contributed by atoms with Crippen molar-refractivity contribution >= 4 is 5.97 Å². The van der Waals surface area contributed by atoms with E-state index in [1.807, 2.05) is 6.92 Å². The molecule has 13 N–H and O–H groups in total. The molecule has 8 aliphatic rings. The van der Waals surface area contributed by atoms with Crippen molar-refractivity contribution in [2.45, 2.75) is 204 Å². The summed E-state index contributed by atoms with van der Waals surface area (Å²) in [6.45, 7) is 10.2. The molecule has 5 aliphatic carbocycles. The van der Waals surface area contributed by atoms with Crippen LogP contribution in [0.1, 0.15) is 99.3 Å². The zero-order valence-corrected chi connectivity index (χ0v) is 40.0. The zero-order valence-electron chi connectivity index (χ0n) is 40.0. The molecule has 3 heterocycles. The van der Waals surface area contributed by atoms with Crippen molar-refractivity contribution in [2.24, 2.45) is 50.2 Å². The van der Waals surface area contributed by atoms with Gasteiger partial charge in [-0.15, -0.1) is 0 Å². The lowest BCUT2D eigenvalue weighted by molar-refractivity contribution is -0.388. The number of hydrogen-bond acceptors (Lipinski definition) is 19. The Morgan fingerprint density at radius 2 is 1.13 bits per heavy atom. The predicted octanol–water partition coefficient (Wildman–Crippen LogP) is -1.35. The van der Waals surface area contributed by atoms with Gasteiger partial charge in [-0.2, -0.15) is 0 Å². The Balaban J connectivity index is 1.03. The molecule has 4 saturated carbocycles. The van der Waals surface area contributed by atoms with Crippen LogP contribution in [0.5, 0.6) is 0 Å². The number of hydrogen-bond donors (Lipinski definition) is 13. The molecule has 8 rings (SSSR count). The van der Waals surface area contributed by atoms with Crippen molar-refractivity contribution in [3.05, 3.63) is 11.6 Å². The smallest absolute Gasteiger partial charge is 0.310 e. The lowest BCUT2D eigenvalue weighted by atomic mass is 9.33. The van der Waals surface area contributed by atoms with E-state index in [1.54, 1.807) is 0 Å². The van der Waals surface area contributed by atoms with E-state index < -0.39 is 153 Å². The number of carboxylic acid groups (broad SMARTS) is 1. The highest BCUT2D eigenvalue weighted by molar-refractivity contribution is 5.76. The van der Waals surface area contributed by atoms with Gasteiger partial charge >= 0.3 is 5.97 Å². The first kappa shape index (κ1) is 52.8. The molecule has 3 aliphatic heterocycles. The van der Waals surface area contributed by atoms with Gasteiger partial charge in [0.2, 0.25) is 0 Å². The summed E-state index contributed by atoms with van der Waals surface area (Å²) in [5.41, 5.74) is -1.79. The molecule has 390 valence electrons. The number of carboxylic acids is 1. The highest BCUT2D eigenvalue weighted by atomic mass is 16.8. The maximum absolute atomic E-state index is 13.1. The Labute approximate surface area is 396 Å². The van der Waals surface area contributed by atoms with Crippen LogP contribution in [0.15, 0.2) is 11.6 Å². The molecule has 0 aromatic carbocycles. The lowest BCUT2D eigenvalue weighted by Crippen LogP contribution is -2.70. The Bertz CT molecular complexity index is 1850. The second-order valence-corrected chi connectivity index (χ2v) is 23.5. The standard InChI is InChI=1S/C48H78O20/c1-43(2)11-13-48(42(61)62)14-12-46(5)21(22(48)15-43)7-8-28-44(3)16-23(53)38(45(4,20-52)27(44)9-10-47(28,46)6)68-41-35(60)37(31(56)26(19-51)65-41)67-40-34(59)36(30(55)25(18-50)64-40)66-39-33(58)32(57)29(54)24(17-49)63-39/h7,22-41,49-60H,8-20H2,1-6H3,(H,61,62)/t22-,23-,24+,25+,26+,27+,28+,29+,30-,31-,32-,33+,34+,35+,36-,37-,38-,39-,40-,41-,44-,45-,46+,47+,48-/m0/s1. The molecule has 0 aromatic heterocycles. The molecule has 0 aromatic rings. The van der Waals surface area contributed by atoms with Gasteiger partial charge in [0.15, 0.2) is 18.9 Å². The van der Waals surface area contributed by atoms with Gasteiger partial charge < -0.3 is 94.8 Å². The van der Waals surface area contributed by atoms with E-state index >= 15 is 0 Å². The number of aliphatic carboxylic acids is 1. The number of aliphatic hydroxyl groups excluding tert-OH is 12. The fraction of sp³-hybridized carbons (Fsp3) is 0.938. The van der Waals surface area contributed by atoms with Gasteiger partial charge in [0.05, 0.1) is 44.1 Å². The molecule has 20 heteroatoms. The molecule has 25 atom stereocenters. The van der Waals surface area contributed by atoms with Crippen LogP contribution in [0.2, 0.25) is 0 Å². The Morgan fingerprint density at radius 1 is 0.618 bits per heavy atom. The third-order valence-electron chi connectivity index (χ3n) is 19.5. The fourth-order valence-corrected chi connectivity index (χ4v) is 15.3. The van der Waals surface area contributed by atoms with Gasteiger partial charge in [0, 0.05) is 5.41 Å². The van der Waals surface area contributed by atoms with Crippen LogP contribution in [-0.4, -0.2) is 203 Å². The first-order chi connectivity index (χ1) is 31.8. The molecule has 0 spiro atoms. The summed E-state index contributed by atoms with van der Waals surface area (Å²) in [5, 5.41) is 142. The fourth-order valence-electron chi connectivity index (χ4n) is 15.3. The van der Waals surface area contributed by atoms with E-state index in [-0.39, 0.29) is 40.4 Å². The van der Waals surface area contributed by atoms with Crippen LogP contribution in [0.3, 0.4) is 0 Å². The van der Waals surface area contributed by atoms with Crippen molar-refractivity contribution in [1.29, 1.82) is 0 Å². The third-order valence-corrected chi connectivity index (χ3v) is 19.5. The monoisotopic (exact) mass is 975 g/mol. The van der Waals surface area contributed by atoms with E-state index in [0.29, 0.717) is 25.7 Å². The average molecular weight is 975 g/mol. The molecule has 20 nitrogen and oxygen atoms in total. The van der Waals surface area contributed by atoms with Gasteiger partial charge in [0.25, 0.3) is 0 Å². The minimum atomic E-state index is -2.02. The predicted molar refractivity (Wildman–Crippen MR) is 233 cm³/mol. The first-order valence-corrected chi connectivity index (χ1v) is 24.6. The van der Waals surface area contributed by atoms with Crippen LogP contribution in [0.4, 0.5) is 0 Å². The second-order valence-electron chi connectivity index (χ2n) is 23.5. The van der Waals surface area contributed by atoms with Gasteiger partial charge in [-0.1, -0.05) is 53.2 Å². The number of aliphatic hydroxyl groups is 12. The maximum Gasteiger partial charge on any atom is 0.310 e. The Hall–Kier alpha value is -1.51. The quantitative estimate of drug-likeness (QED) is 0.0841. The van der Waals surface area contributed by atoms with Crippen molar-refractivity contribution in [1.82, 2.24) is 0 Å². The normalized spacial score (nSPS) is 54.6. The first-order valence-electron chi connectivity index (χ1n) is 24.6. The zero-order chi connectivity index (χ0) is 49.8. The largest absolute Gasteiger partial charge is 0.481 e. The molecule has 0 bridgehead atoms. The van der Waals surface area contributed by atoms with E-state index in [1.165, 1.54) is 5.57 Å². The number of ether oxygens (including phenoxy) is 6. The molecule has 0 radical (unpaired) electrons. The highest BCUT2D eigenvalue weighted by Crippen LogP contribution is 2.76. The summed E-state index contributed by atoms with van der Waals surface area (Å²) in [6, 6.07) is 0. The summed E-state index contributed by atoms with van der Waals surface area (Å²) in [4.78, 5) is 13.1.